The standard InChI is InChI=1S/C20H22N2O4/c1-13(23)21-15-4-6-16(7-5-15)22(17-8-9-17)20(24)14-10-18(25-2)12-19(11-14)26-3/h4-7,10-12,17H,8-9H2,1-3H3,(H,21,23). The normalized spacial score (nSPS) is 13.0. The first-order valence-electron chi connectivity index (χ1n) is 8.46. The van der Waals surface area contributed by atoms with Gasteiger partial charge in [0.05, 0.1) is 14.2 Å². The smallest absolute Gasteiger partial charge is 0.258 e. The summed E-state index contributed by atoms with van der Waals surface area (Å²) in [5, 5.41) is 2.73. The van der Waals surface area contributed by atoms with Crippen LogP contribution in [0.15, 0.2) is 42.5 Å². The van der Waals surface area contributed by atoms with Crippen molar-refractivity contribution in [3.05, 3.63) is 48.0 Å². The fourth-order valence-corrected chi connectivity index (χ4v) is 2.81. The van der Waals surface area contributed by atoms with Crippen LogP contribution >= 0.6 is 0 Å². The van der Waals surface area contributed by atoms with E-state index in [0.29, 0.717) is 22.7 Å². The minimum absolute atomic E-state index is 0.100. The second kappa shape index (κ2) is 7.47. The van der Waals surface area contributed by atoms with Crippen LogP contribution in [0.3, 0.4) is 0 Å². The number of rotatable bonds is 6. The summed E-state index contributed by atoms with van der Waals surface area (Å²) in [5.74, 6) is 0.919. The van der Waals surface area contributed by atoms with E-state index in [9.17, 15) is 9.59 Å². The predicted octanol–water partition coefficient (Wildman–Crippen LogP) is 3.47. The zero-order valence-electron chi connectivity index (χ0n) is 15.1. The Morgan fingerprint density at radius 3 is 2.04 bits per heavy atom. The summed E-state index contributed by atoms with van der Waals surface area (Å²) >= 11 is 0. The lowest BCUT2D eigenvalue weighted by atomic mass is 10.1. The zero-order chi connectivity index (χ0) is 18.7. The minimum atomic E-state index is -0.128. The molecule has 0 spiro atoms. The Morgan fingerprint density at radius 1 is 1.00 bits per heavy atom. The summed E-state index contributed by atoms with van der Waals surface area (Å²) in [6.45, 7) is 1.46. The van der Waals surface area contributed by atoms with Gasteiger partial charge in [0.1, 0.15) is 11.5 Å². The fourth-order valence-electron chi connectivity index (χ4n) is 2.81. The lowest BCUT2D eigenvalue weighted by Crippen LogP contribution is -2.33. The number of anilines is 2. The third-order valence-corrected chi connectivity index (χ3v) is 4.20. The van der Waals surface area contributed by atoms with Crippen LogP contribution in [0.4, 0.5) is 11.4 Å². The monoisotopic (exact) mass is 354 g/mol. The molecular formula is C20H22N2O4. The van der Waals surface area contributed by atoms with E-state index in [-0.39, 0.29) is 17.9 Å². The van der Waals surface area contributed by atoms with Crippen molar-refractivity contribution >= 4 is 23.2 Å². The fraction of sp³-hybridized carbons (Fsp3) is 0.300. The van der Waals surface area contributed by atoms with Crippen molar-refractivity contribution in [2.75, 3.05) is 24.4 Å². The molecule has 1 fully saturated rings. The molecule has 0 aliphatic heterocycles. The number of carbonyl (C=O) groups excluding carboxylic acids is 2. The number of carbonyl (C=O) groups is 2. The van der Waals surface area contributed by atoms with Crippen LogP contribution in [-0.2, 0) is 4.79 Å². The van der Waals surface area contributed by atoms with Crippen LogP contribution in [0.5, 0.6) is 11.5 Å². The second-order valence-electron chi connectivity index (χ2n) is 6.24. The molecule has 1 aliphatic carbocycles. The van der Waals surface area contributed by atoms with Crippen molar-refractivity contribution in [3.8, 4) is 11.5 Å². The number of ether oxygens (including phenoxy) is 2. The van der Waals surface area contributed by atoms with Crippen LogP contribution in [0.25, 0.3) is 0 Å². The molecule has 0 atom stereocenters. The molecule has 0 radical (unpaired) electrons. The highest BCUT2D eigenvalue weighted by atomic mass is 16.5. The molecule has 0 saturated heterocycles. The Morgan fingerprint density at radius 2 is 1.58 bits per heavy atom. The first kappa shape index (κ1) is 17.8. The Balaban J connectivity index is 1.91. The maximum atomic E-state index is 13.2. The molecule has 2 aromatic rings. The van der Waals surface area contributed by atoms with Crippen LogP contribution in [-0.4, -0.2) is 32.1 Å². The van der Waals surface area contributed by atoms with Gasteiger partial charge in [0.15, 0.2) is 0 Å². The predicted molar refractivity (Wildman–Crippen MR) is 100 cm³/mol. The largest absolute Gasteiger partial charge is 0.497 e. The number of nitrogens with zero attached hydrogens (tertiary/aromatic N) is 1. The first-order chi connectivity index (χ1) is 12.5. The van der Waals surface area contributed by atoms with Crippen molar-refractivity contribution in [3.63, 3.8) is 0 Å². The van der Waals surface area contributed by atoms with Crippen molar-refractivity contribution in [1.29, 1.82) is 0 Å². The molecular weight excluding hydrogens is 332 g/mol. The quantitative estimate of drug-likeness (QED) is 0.862. The molecule has 26 heavy (non-hydrogen) atoms. The molecule has 1 N–H and O–H groups in total. The molecule has 2 aromatic carbocycles. The van der Waals surface area contributed by atoms with Gasteiger partial charge in [-0.25, -0.2) is 0 Å². The molecule has 2 amide bonds. The highest BCUT2D eigenvalue weighted by Gasteiger charge is 2.34. The van der Waals surface area contributed by atoms with Crippen LogP contribution in [0.2, 0.25) is 0 Å². The summed E-state index contributed by atoms with van der Waals surface area (Å²) in [6, 6.07) is 12.6. The molecule has 0 aromatic heterocycles. The maximum Gasteiger partial charge on any atom is 0.258 e. The van der Waals surface area contributed by atoms with E-state index in [1.807, 2.05) is 12.1 Å². The van der Waals surface area contributed by atoms with Gasteiger partial charge in [0.25, 0.3) is 5.91 Å². The summed E-state index contributed by atoms with van der Waals surface area (Å²) < 4.78 is 10.5. The van der Waals surface area contributed by atoms with Gasteiger partial charge in [-0.2, -0.15) is 0 Å². The number of benzene rings is 2. The molecule has 0 bridgehead atoms. The van der Waals surface area contributed by atoms with E-state index >= 15 is 0 Å². The van der Waals surface area contributed by atoms with Crippen molar-refractivity contribution in [1.82, 2.24) is 0 Å². The van der Waals surface area contributed by atoms with Gasteiger partial charge >= 0.3 is 0 Å². The van der Waals surface area contributed by atoms with Gasteiger partial charge in [0, 0.05) is 36.0 Å². The number of nitrogens with one attached hydrogen (secondary N) is 1. The molecule has 1 saturated carbocycles. The van der Waals surface area contributed by atoms with E-state index < -0.39 is 0 Å². The highest BCUT2D eigenvalue weighted by molar-refractivity contribution is 6.07. The number of hydrogen-bond donors (Lipinski definition) is 1. The Bertz CT molecular complexity index is 791. The summed E-state index contributed by atoms with van der Waals surface area (Å²) in [6.07, 6.45) is 1.95. The molecule has 3 rings (SSSR count). The maximum absolute atomic E-state index is 13.2. The third kappa shape index (κ3) is 3.96. The van der Waals surface area contributed by atoms with Crippen LogP contribution in [0.1, 0.15) is 30.1 Å². The van der Waals surface area contributed by atoms with Crippen LogP contribution < -0.4 is 19.7 Å². The van der Waals surface area contributed by atoms with Crippen molar-refractivity contribution in [2.45, 2.75) is 25.8 Å². The van der Waals surface area contributed by atoms with Gasteiger partial charge in [-0.05, 0) is 49.2 Å². The van der Waals surface area contributed by atoms with Crippen molar-refractivity contribution < 1.29 is 19.1 Å². The Labute approximate surface area is 152 Å². The van der Waals surface area contributed by atoms with Crippen molar-refractivity contribution in [2.24, 2.45) is 0 Å². The number of methoxy groups -OCH3 is 2. The van der Waals surface area contributed by atoms with Gasteiger partial charge in [0.2, 0.25) is 5.91 Å². The number of hydrogen-bond acceptors (Lipinski definition) is 4. The molecule has 6 nitrogen and oxygen atoms in total. The van der Waals surface area contributed by atoms with Gasteiger partial charge in [-0.1, -0.05) is 0 Å². The Kier molecular flexibility index (Phi) is 5.11. The zero-order valence-corrected chi connectivity index (χ0v) is 15.1. The lowest BCUT2D eigenvalue weighted by Gasteiger charge is -2.23. The van der Waals surface area contributed by atoms with Crippen LogP contribution in [0, 0.1) is 0 Å². The van der Waals surface area contributed by atoms with E-state index in [2.05, 4.69) is 5.32 Å². The molecule has 0 heterocycles. The minimum Gasteiger partial charge on any atom is -0.497 e. The summed E-state index contributed by atoms with van der Waals surface area (Å²) in [7, 11) is 3.12. The van der Waals surface area contributed by atoms with E-state index in [0.717, 1.165) is 18.5 Å². The Hall–Kier alpha value is -3.02. The summed E-state index contributed by atoms with van der Waals surface area (Å²) in [5.41, 5.74) is 2.01. The molecule has 0 unspecified atom stereocenters. The topological polar surface area (TPSA) is 67.9 Å². The van der Waals surface area contributed by atoms with E-state index in [1.165, 1.54) is 6.92 Å². The lowest BCUT2D eigenvalue weighted by molar-refractivity contribution is -0.114. The molecule has 6 heteroatoms. The highest BCUT2D eigenvalue weighted by Crippen LogP contribution is 2.34. The van der Waals surface area contributed by atoms with E-state index in [4.69, 9.17) is 9.47 Å². The average Bonchev–Trinajstić information content (AvgIpc) is 3.47. The first-order valence-corrected chi connectivity index (χ1v) is 8.46. The van der Waals surface area contributed by atoms with Gasteiger partial charge in [-0.3, -0.25) is 9.59 Å². The molecule has 1 aliphatic rings. The van der Waals surface area contributed by atoms with Gasteiger partial charge in [-0.15, -0.1) is 0 Å². The van der Waals surface area contributed by atoms with E-state index in [1.54, 1.807) is 49.5 Å². The SMILES string of the molecule is COc1cc(OC)cc(C(=O)N(c2ccc(NC(C)=O)cc2)C2CC2)c1. The third-order valence-electron chi connectivity index (χ3n) is 4.20. The number of amides is 2. The molecule has 136 valence electrons. The second-order valence-corrected chi connectivity index (χ2v) is 6.24. The summed E-state index contributed by atoms with van der Waals surface area (Å²) in [4.78, 5) is 26.1. The van der Waals surface area contributed by atoms with Gasteiger partial charge < -0.3 is 19.7 Å². The average molecular weight is 354 g/mol.